The first kappa shape index (κ1) is 13.5. The number of carbonyl (C=O) groups is 1. The topological polar surface area (TPSA) is 66.9 Å². The van der Waals surface area contributed by atoms with E-state index in [1.807, 2.05) is 31.2 Å². The number of hydrogen-bond acceptors (Lipinski definition) is 5. The van der Waals surface area contributed by atoms with Gasteiger partial charge >= 0.3 is 0 Å². The Balaban J connectivity index is 1.94. The first-order chi connectivity index (χ1) is 9.22. The molecule has 0 fully saturated rings. The van der Waals surface area contributed by atoms with Crippen molar-refractivity contribution in [1.29, 1.82) is 0 Å². The van der Waals surface area contributed by atoms with Crippen molar-refractivity contribution in [2.45, 2.75) is 19.9 Å². The molecule has 1 amide bonds. The zero-order valence-electron chi connectivity index (χ0n) is 10.9. The molecule has 0 aliphatic heterocycles. The fraction of sp³-hybridized carbons (Fsp3) is 0.308. The van der Waals surface area contributed by atoms with Crippen LogP contribution in [0.3, 0.4) is 0 Å². The Bertz CT molecular complexity index is 550. The van der Waals surface area contributed by atoms with E-state index in [0.29, 0.717) is 12.1 Å². The number of rotatable bonds is 5. The Morgan fingerprint density at radius 1 is 1.32 bits per heavy atom. The van der Waals surface area contributed by atoms with Gasteiger partial charge in [0.25, 0.3) is 5.91 Å². The predicted octanol–water partition coefficient (Wildman–Crippen LogP) is 2.07. The molecule has 19 heavy (non-hydrogen) atoms. The maximum absolute atomic E-state index is 11.4. The summed E-state index contributed by atoms with van der Waals surface area (Å²) in [7, 11) is 1.62. The summed E-state index contributed by atoms with van der Waals surface area (Å²) in [6.07, 6.45) is 0.846. The zero-order valence-corrected chi connectivity index (χ0v) is 11.8. The monoisotopic (exact) mass is 276 g/mol. The Kier molecular flexibility index (Phi) is 4.46. The summed E-state index contributed by atoms with van der Waals surface area (Å²) in [6.45, 7) is 2.70. The van der Waals surface area contributed by atoms with Crippen molar-refractivity contribution in [2.75, 3.05) is 12.4 Å². The molecule has 0 spiro atoms. The Labute approximate surface area is 116 Å². The van der Waals surface area contributed by atoms with Gasteiger partial charge in [0.05, 0.1) is 0 Å². The first-order valence-corrected chi connectivity index (χ1v) is 6.87. The van der Waals surface area contributed by atoms with Crippen molar-refractivity contribution < 1.29 is 4.79 Å². The SMILES string of the molecule is CCc1nsc(NCc2ccc(C(=O)NC)cc2)n1. The highest BCUT2D eigenvalue weighted by Crippen LogP contribution is 2.13. The minimum Gasteiger partial charge on any atom is -0.356 e. The van der Waals surface area contributed by atoms with Crippen LogP contribution >= 0.6 is 11.5 Å². The molecule has 0 atom stereocenters. The highest BCUT2D eigenvalue weighted by atomic mass is 32.1. The molecule has 0 aliphatic rings. The summed E-state index contributed by atoms with van der Waals surface area (Å²) in [5.74, 6) is 0.790. The number of benzene rings is 1. The van der Waals surface area contributed by atoms with Gasteiger partial charge in [-0.1, -0.05) is 19.1 Å². The van der Waals surface area contributed by atoms with E-state index in [0.717, 1.165) is 22.9 Å². The summed E-state index contributed by atoms with van der Waals surface area (Å²) in [4.78, 5) is 15.7. The molecule has 0 radical (unpaired) electrons. The van der Waals surface area contributed by atoms with Crippen molar-refractivity contribution in [3.05, 3.63) is 41.2 Å². The van der Waals surface area contributed by atoms with E-state index in [1.165, 1.54) is 11.5 Å². The van der Waals surface area contributed by atoms with Gasteiger partial charge in [-0.05, 0) is 17.7 Å². The minimum absolute atomic E-state index is 0.0729. The third-order valence-corrected chi connectivity index (χ3v) is 3.38. The third kappa shape index (κ3) is 3.51. The molecule has 1 heterocycles. The van der Waals surface area contributed by atoms with E-state index >= 15 is 0 Å². The molecule has 0 aliphatic carbocycles. The molecule has 6 heteroatoms. The quantitative estimate of drug-likeness (QED) is 0.877. The van der Waals surface area contributed by atoms with E-state index < -0.39 is 0 Å². The lowest BCUT2D eigenvalue weighted by Crippen LogP contribution is -2.17. The van der Waals surface area contributed by atoms with Gasteiger partial charge in [0.1, 0.15) is 5.82 Å². The Hall–Kier alpha value is -1.95. The third-order valence-electron chi connectivity index (χ3n) is 2.67. The van der Waals surface area contributed by atoms with E-state index in [9.17, 15) is 4.79 Å². The number of carbonyl (C=O) groups excluding carboxylic acids is 1. The molecule has 100 valence electrons. The smallest absolute Gasteiger partial charge is 0.251 e. The normalized spacial score (nSPS) is 10.2. The molecule has 0 bridgehead atoms. The number of nitrogens with zero attached hydrogens (tertiary/aromatic N) is 2. The van der Waals surface area contributed by atoms with Crippen LogP contribution in [0.2, 0.25) is 0 Å². The average molecular weight is 276 g/mol. The molecule has 1 aromatic heterocycles. The predicted molar refractivity (Wildman–Crippen MR) is 76.4 cm³/mol. The number of aryl methyl sites for hydroxylation is 1. The largest absolute Gasteiger partial charge is 0.356 e. The molecular formula is C13H16N4OS. The van der Waals surface area contributed by atoms with Crippen molar-refractivity contribution in [1.82, 2.24) is 14.7 Å². The maximum atomic E-state index is 11.4. The standard InChI is InChI=1S/C13H16N4OS/c1-3-11-16-13(19-17-11)15-8-9-4-6-10(7-5-9)12(18)14-2/h4-7H,3,8H2,1-2H3,(H,14,18)(H,15,16,17). The lowest BCUT2D eigenvalue weighted by Gasteiger charge is -2.04. The van der Waals surface area contributed by atoms with Crippen LogP contribution in [-0.2, 0) is 13.0 Å². The minimum atomic E-state index is -0.0729. The van der Waals surface area contributed by atoms with E-state index in [4.69, 9.17) is 0 Å². The first-order valence-electron chi connectivity index (χ1n) is 6.10. The molecular weight excluding hydrogens is 260 g/mol. The van der Waals surface area contributed by atoms with Crippen LogP contribution in [0.1, 0.15) is 28.7 Å². The Morgan fingerprint density at radius 2 is 2.05 bits per heavy atom. The molecule has 1 aromatic carbocycles. The van der Waals surface area contributed by atoms with E-state index in [-0.39, 0.29) is 5.91 Å². The van der Waals surface area contributed by atoms with Crippen LogP contribution in [0, 0.1) is 0 Å². The van der Waals surface area contributed by atoms with Gasteiger partial charge in [0.2, 0.25) is 5.13 Å². The summed E-state index contributed by atoms with van der Waals surface area (Å²) in [5, 5.41) is 6.65. The second-order valence-corrected chi connectivity index (χ2v) is 4.75. The van der Waals surface area contributed by atoms with Gasteiger partial charge in [0, 0.05) is 37.1 Å². The van der Waals surface area contributed by atoms with Gasteiger partial charge in [-0.2, -0.15) is 4.37 Å². The molecule has 5 nitrogen and oxygen atoms in total. The summed E-state index contributed by atoms with van der Waals surface area (Å²) < 4.78 is 4.21. The van der Waals surface area contributed by atoms with Crippen LogP contribution in [0.15, 0.2) is 24.3 Å². The molecule has 0 saturated carbocycles. The van der Waals surface area contributed by atoms with Crippen LogP contribution < -0.4 is 10.6 Å². The number of aromatic nitrogens is 2. The summed E-state index contributed by atoms with van der Waals surface area (Å²) in [6, 6.07) is 7.49. The van der Waals surface area contributed by atoms with Crippen molar-refractivity contribution in [3.8, 4) is 0 Å². The fourth-order valence-electron chi connectivity index (χ4n) is 1.57. The molecule has 0 saturated heterocycles. The summed E-state index contributed by atoms with van der Waals surface area (Å²) >= 11 is 1.37. The van der Waals surface area contributed by atoms with Gasteiger partial charge in [-0.25, -0.2) is 4.98 Å². The summed E-state index contributed by atoms with van der Waals surface area (Å²) in [5.41, 5.74) is 1.76. The van der Waals surface area contributed by atoms with Crippen molar-refractivity contribution in [3.63, 3.8) is 0 Å². The fourth-order valence-corrected chi connectivity index (χ4v) is 2.21. The lowest BCUT2D eigenvalue weighted by atomic mass is 10.1. The van der Waals surface area contributed by atoms with Crippen LogP contribution in [0.5, 0.6) is 0 Å². The van der Waals surface area contributed by atoms with Crippen LogP contribution in [0.25, 0.3) is 0 Å². The zero-order chi connectivity index (χ0) is 13.7. The number of anilines is 1. The maximum Gasteiger partial charge on any atom is 0.251 e. The Morgan fingerprint density at radius 3 is 2.63 bits per heavy atom. The molecule has 2 rings (SSSR count). The van der Waals surface area contributed by atoms with Gasteiger partial charge in [0.15, 0.2) is 0 Å². The van der Waals surface area contributed by atoms with Crippen LogP contribution in [-0.4, -0.2) is 22.3 Å². The highest BCUT2D eigenvalue weighted by molar-refractivity contribution is 7.09. The van der Waals surface area contributed by atoms with Gasteiger partial charge < -0.3 is 10.6 Å². The number of nitrogens with one attached hydrogen (secondary N) is 2. The molecule has 2 aromatic rings. The molecule has 2 N–H and O–H groups in total. The second kappa shape index (κ2) is 6.29. The van der Waals surface area contributed by atoms with Crippen molar-refractivity contribution >= 4 is 22.6 Å². The van der Waals surface area contributed by atoms with Crippen LogP contribution in [0.4, 0.5) is 5.13 Å². The van der Waals surface area contributed by atoms with Gasteiger partial charge in [-0.3, -0.25) is 4.79 Å². The second-order valence-electron chi connectivity index (χ2n) is 4.00. The van der Waals surface area contributed by atoms with Gasteiger partial charge in [-0.15, -0.1) is 0 Å². The number of amides is 1. The van der Waals surface area contributed by atoms with Crippen molar-refractivity contribution in [2.24, 2.45) is 0 Å². The molecule has 0 unspecified atom stereocenters. The van der Waals surface area contributed by atoms with E-state index in [1.54, 1.807) is 7.05 Å². The highest BCUT2D eigenvalue weighted by Gasteiger charge is 2.04. The lowest BCUT2D eigenvalue weighted by molar-refractivity contribution is 0.0963. The van der Waals surface area contributed by atoms with E-state index in [2.05, 4.69) is 20.0 Å². The average Bonchev–Trinajstić information content (AvgIpc) is 2.93. The number of hydrogen-bond donors (Lipinski definition) is 2.